The SMILES string of the molecule is O=C(CCC(=O)c1cccs1)NCCN1C(=O)SC(=Cc2ccccc2Cl)C1=O. The van der Waals surface area contributed by atoms with Crippen LogP contribution in [0.2, 0.25) is 5.02 Å². The lowest BCUT2D eigenvalue weighted by molar-refractivity contribution is -0.124. The first-order valence-electron chi connectivity index (χ1n) is 8.79. The van der Waals surface area contributed by atoms with Crippen molar-refractivity contribution >= 4 is 63.6 Å². The van der Waals surface area contributed by atoms with Crippen LogP contribution in [0, 0.1) is 0 Å². The second-order valence-corrected chi connectivity index (χ2v) is 8.45. The van der Waals surface area contributed by atoms with E-state index in [0.717, 1.165) is 16.7 Å². The topological polar surface area (TPSA) is 83.6 Å². The number of halogens is 1. The largest absolute Gasteiger partial charge is 0.354 e. The molecule has 9 heteroatoms. The van der Waals surface area contributed by atoms with Crippen molar-refractivity contribution in [3.8, 4) is 0 Å². The Hall–Kier alpha value is -2.42. The van der Waals surface area contributed by atoms with Gasteiger partial charge in [0, 0.05) is 31.0 Å². The number of thioether (sulfide) groups is 1. The van der Waals surface area contributed by atoms with Crippen molar-refractivity contribution in [1.82, 2.24) is 10.2 Å². The Morgan fingerprint density at radius 1 is 1.10 bits per heavy atom. The zero-order chi connectivity index (χ0) is 20.8. The van der Waals surface area contributed by atoms with Crippen LogP contribution < -0.4 is 5.32 Å². The highest BCUT2D eigenvalue weighted by Gasteiger charge is 2.34. The number of imide groups is 1. The average molecular weight is 449 g/mol. The maximum absolute atomic E-state index is 12.5. The van der Waals surface area contributed by atoms with E-state index in [-0.39, 0.29) is 42.5 Å². The number of benzene rings is 1. The fraction of sp³-hybridized carbons (Fsp3) is 0.200. The van der Waals surface area contributed by atoms with Gasteiger partial charge in [0.1, 0.15) is 0 Å². The van der Waals surface area contributed by atoms with Crippen LogP contribution in [0.5, 0.6) is 0 Å². The molecule has 1 N–H and O–H groups in total. The molecule has 2 aromatic rings. The molecule has 1 fully saturated rings. The van der Waals surface area contributed by atoms with Gasteiger partial charge in [0.15, 0.2) is 5.78 Å². The summed E-state index contributed by atoms with van der Waals surface area (Å²) in [4.78, 5) is 50.4. The summed E-state index contributed by atoms with van der Waals surface area (Å²) in [5, 5.41) is 4.55. The molecule has 3 rings (SSSR count). The number of Topliss-reactive ketones (excluding diaryl/α,β-unsaturated/α-hetero) is 1. The number of hydrogen-bond acceptors (Lipinski definition) is 6. The van der Waals surface area contributed by atoms with Gasteiger partial charge in [-0.2, -0.15) is 0 Å². The van der Waals surface area contributed by atoms with Crippen molar-refractivity contribution < 1.29 is 19.2 Å². The van der Waals surface area contributed by atoms with Crippen molar-refractivity contribution in [2.75, 3.05) is 13.1 Å². The zero-order valence-corrected chi connectivity index (χ0v) is 17.6. The van der Waals surface area contributed by atoms with E-state index in [4.69, 9.17) is 11.6 Å². The Morgan fingerprint density at radius 2 is 1.90 bits per heavy atom. The highest BCUT2D eigenvalue weighted by Crippen LogP contribution is 2.33. The number of carbonyl (C=O) groups excluding carboxylic acids is 4. The lowest BCUT2D eigenvalue weighted by atomic mass is 10.2. The Labute approximate surface area is 180 Å². The minimum absolute atomic E-state index is 0.0606. The van der Waals surface area contributed by atoms with Crippen LogP contribution in [-0.4, -0.2) is 40.8 Å². The van der Waals surface area contributed by atoms with E-state index in [1.54, 1.807) is 42.5 Å². The lowest BCUT2D eigenvalue weighted by Gasteiger charge is -2.12. The highest BCUT2D eigenvalue weighted by atomic mass is 35.5. The lowest BCUT2D eigenvalue weighted by Crippen LogP contribution is -2.37. The standard InChI is InChI=1S/C20H17ClN2O4S2/c21-14-5-2-1-4-13(14)12-17-19(26)23(20(27)29-17)10-9-22-18(25)8-7-15(24)16-6-3-11-28-16/h1-6,11-12H,7-10H2,(H,22,25). The number of amides is 3. The summed E-state index contributed by atoms with van der Waals surface area (Å²) in [7, 11) is 0. The predicted octanol–water partition coefficient (Wildman–Crippen LogP) is 4.22. The first kappa shape index (κ1) is 21.3. The van der Waals surface area contributed by atoms with E-state index < -0.39 is 11.1 Å². The summed E-state index contributed by atoms with van der Waals surface area (Å²) in [6, 6.07) is 10.5. The van der Waals surface area contributed by atoms with Crippen LogP contribution in [0.1, 0.15) is 28.1 Å². The summed E-state index contributed by atoms with van der Waals surface area (Å²) < 4.78 is 0. The molecule has 0 atom stereocenters. The molecule has 6 nitrogen and oxygen atoms in total. The molecule has 2 heterocycles. The van der Waals surface area contributed by atoms with Gasteiger partial charge in [-0.05, 0) is 40.9 Å². The molecule has 150 valence electrons. The molecule has 1 aromatic heterocycles. The van der Waals surface area contributed by atoms with E-state index in [0.29, 0.717) is 15.5 Å². The van der Waals surface area contributed by atoms with Crippen molar-refractivity contribution in [2.24, 2.45) is 0 Å². The van der Waals surface area contributed by atoms with Crippen molar-refractivity contribution in [3.05, 3.63) is 62.1 Å². The Kier molecular flexibility index (Phi) is 7.24. The molecule has 0 spiro atoms. The Balaban J connectivity index is 1.47. The van der Waals surface area contributed by atoms with Gasteiger partial charge >= 0.3 is 0 Å². The quantitative estimate of drug-likeness (QED) is 0.483. The highest BCUT2D eigenvalue weighted by molar-refractivity contribution is 8.18. The van der Waals surface area contributed by atoms with E-state index in [1.165, 1.54) is 11.3 Å². The normalized spacial score (nSPS) is 15.2. The number of nitrogens with zero attached hydrogens (tertiary/aromatic N) is 1. The van der Waals surface area contributed by atoms with Crippen molar-refractivity contribution in [1.29, 1.82) is 0 Å². The third kappa shape index (κ3) is 5.56. The van der Waals surface area contributed by atoms with E-state index >= 15 is 0 Å². The molecule has 3 amide bonds. The number of rotatable bonds is 8. The zero-order valence-electron chi connectivity index (χ0n) is 15.2. The number of ketones is 1. The van der Waals surface area contributed by atoms with Crippen molar-refractivity contribution in [3.63, 3.8) is 0 Å². The molecule has 0 unspecified atom stereocenters. The minimum atomic E-state index is -0.415. The molecular formula is C20H17ClN2O4S2. The van der Waals surface area contributed by atoms with Gasteiger partial charge in [-0.25, -0.2) is 0 Å². The Bertz CT molecular complexity index is 973. The molecule has 29 heavy (non-hydrogen) atoms. The number of thiophene rings is 1. The van der Waals surface area contributed by atoms with Crippen LogP contribution in [0.15, 0.2) is 46.7 Å². The van der Waals surface area contributed by atoms with Crippen LogP contribution >= 0.6 is 34.7 Å². The maximum atomic E-state index is 12.5. The van der Waals surface area contributed by atoms with E-state index in [2.05, 4.69) is 5.32 Å². The average Bonchev–Trinajstić information content (AvgIpc) is 3.32. The molecule has 1 aliphatic heterocycles. The van der Waals surface area contributed by atoms with Gasteiger partial charge in [-0.3, -0.25) is 24.1 Å². The van der Waals surface area contributed by atoms with Gasteiger partial charge in [0.05, 0.1) is 9.78 Å². The van der Waals surface area contributed by atoms with Gasteiger partial charge in [0.2, 0.25) is 5.91 Å². The van der Waals surface area contributed by atoms with E-state index in [1.807, 2.05) is 5.38 Å². The molecule has 1 aromatic carbocycles. The molecular weight excluding hydrogens is 432 g/mol. The van der Waals surface area contributed by atoms with Gasteiger partial charge < -0.3 is 5.32 Å². The number of nitrogens with one attached hydrogen (secondary N) is 1. The third-order valence-corrected chi connectivity index (χ3v) is 6.26. The molecule has 0 aliphatic carbocycles. The second-order valence-electron chi connectivity index (χ2n) is 6.11. The van der Waals surface area contributed by atoms with Crippen LogP contribution in [-0.2, 0) is 9.59 Å². The summed E-state index contributed by atoms with van der Waals surface area (Å²) in [6.45, 7) is 0.193. The molecule has 0 saturated carbocycles. The predicted molar refractivity (Wildman–Crippen MR) is 115 cm³/mol. The van der Waals surface area contributed by atoms with Crippen LogP contribution in [0.25, 0.3) is 6.08 Å². The first-order valence-corrected chi connectivity index (χ1v) is 10.9. The molecule has 0 bridgehead atoms. The Morgan fingerprint density at radius 3 is 2.62 bits per heavy atom. The van der Waals surface area contributed by atoms with Crippen LogP contribution in [0.3, 0.4) is 0 Å². The summed E-state index contributed by atoms with van der Waals surface area (Å²) in [5.41, 5.74) is 0.656. The molecule has 1 aliphatic rings. The van der Waals surface area contributed by atoms with E-state index in [9.17, 15) is 19.2 Å². The monoisotopic (exact) mass is 448 g/mol. The fourth-order valence-electron chi connectivity index (χ4n) is 2.61. The molecule has 0 radical (unpaired) electrons. The van der Waals surface area contributed by atoms with Crippen molar-refractivity contribution in [2.45, 2.75) is 12.8 Å². The van der Waals surface area contributed by atoms with Crippen LogP contribution in [0.4, 0.5) is 4.79 Å². The molecule has 1 saturated heterocycles. The minimum Gasteiger partial charge on any atom is -0.354 e. The summed E-state index contributed by atoms with van der Waals surface area (Å²) in [6.07, 6.45) is 1.77. The third-order valence-electron chi connectivity index (χ3n) is 4.10. The number of hydrogen-bond donors (Lipinski definition) is 1. The van der Waals surface area contributed by atoms with Gasteiger partial charge in [-0.15, -0.1) is 11.3 Å². The number of carbonyl (C=O) groups is 4. The summed E-state index contributed by atoms with van der Waals surface area (Å²) in [5.74, 6) is -0.790. The maximum Gasteiger partial charge on any atom is 0.293 e. The fourth-order valence-corrected chi connectivity index (χ4v) is 4.35. The van der Waals surface area contributed by atoms with Gasteiger partial charge in [-0.1, -0.05) is 35.9 Å². The smallest absolute Gasteiger partial charge is 0.293 e. The summed E-state index contributed by atoms with van der Waals surface area (Å²) >= 11 is 8.27. The first-order chi connectivity index (χ1) is 14.0. The van der Waals surface area contributed by atoms with Gasteiger partial charge in [0.25, 0.3) is 11.1 Å². The second kappa shape index (κ2) is 9.87.